The number of hydrogen-bond donors (Lipinski definition) is 2. The molecular weight excluding hydrogens is 236 g/mol. The number of aromatic nitrogens is 4. The fraction of sp³-hybridized carbons (Fsp3) is 0.818. The molecule has 7 heteroatoms. The van der Waals surface area contributed by atoms with Crippen molar-refractivity contribution in [2.45, 2.75) is 57.1 Å². The summed E-state index contributed by atoms with van der Waals surface area (Å²) in [6.07, 6.45) is 4.36. The molecule has 2 atom stereocenters. The molecule has 0 aromatic carbocycles. The minimum absolute atomic E-state index is 0.203. The molecule has 1 aromatic heterocycles. The highest BCUT2D eigenvalue weighted by atomic mass is 16.4. The summed E-state index contributed by atoms with van der Waals surface area (Å²) in [5.41, 5.74) is 0. The highest BCUT2D eigenvalue weighted by Gasteiger charge is 2.32. The number of nitrogens with zero attached hydrogens (tertiary/aromatic N) is 4. The third-order valence-corrected chi connectivity index (χ3v) is 3.46. The second-order valence-corrected chi connectivity index (χ2v) is 4.84. The number of aliphatic carboxylic acids is 1. The van der Waals surface area contributed by atoms with Crippen molar-refractivity contribution in [2.75, 3.05) is 0 Å². The average molecular weight is 254 g/mol. The maximum atomic E-state index is 11.2. The van der Waals surface area contributed by atoms with Crippen molar-refractivity contribution in [1.29, 1.82) is 0 Å². The number of rotatable bonds is 4. The van der Waals surface area contributed by atoms with Crippen LogP contribution in [0.3, 0.4) is 0 Å². The number of tetrazole rings is 1. The molecule has 1 aromatic rings. The standard InChI is InChI=1S/C11H18N4O3/c1-7(16)9(11(17)18)15-10(12-13-14-15)8-5-3-2-4-6-8/h7-9,16H,2-6H2,1H3,(H,17,18). The lowest BCUT2D eigenvalue weighted by Crippen LogP contribution is -2.32. The van der Waals surface area contributed by atoms with Gasteiger partial charge in [0.2, 0.25) is 0 Å². The van der Waals surface area contributed by atoms with Crippen molar-refractivity contribution in [3.05, 3.63) is 5.82 Å². The first-order chi connectivity index (χ1) is 8.61. The van der Waals surface area contributed by atoms with E-state index in [0.29, 0.717) is 5.82 Å². The molecular formula is C11H18N4O3. The Hall–Kier alpha value is -1.50. The van der Waals surface area contributed by atoms with Crippen LogP contribution in [0.15, 0.2) is 0 Å². The van der Waals surface area contributed by atoms with Crippen LogP contribution in [0, 0.1) is 0 Å². The van der Waals surface area contributed by atoms with Gasteiger partial charge in [0.05, 0.1) is 6.10 Å². The first-order valence-electron chi connectivity index (χ1n) is 6.30. The lowest BCUT2D eigenvalue weighted by Gasteiger charge is -2.23. The van der Waals surface area contributed by atoms with Crippen LogP contribution in [0.4, 0.5) is 0 Å². The Balaban J connectivity index is 2.27. The predicted octanol–water partition coefficient (Wildman–Crippen LogP) is 0.727. The molecule has 1 aliphatic carbocycles. The molecule has 0 amide bonds. The first kappa shape index (κ1) is 12.9. The van der Waals surface area contributed by atoms with Gasteiger partial charge in [0.1, 0.15) is 0 Å². The topological polar surface area (TPSA) is 101 Å². The summed E-state index contributed by atoms with van der Waals surface area (Å²) >= 11 is 0. The van der Waals surface area contributed by atoms with Gasteiger partial charge in [0.15, 0.2) is 11.9 Å². The maximum absolute atomic E-state index is 11.2. The van der Waals surface area contributed by atoms with Crippen LogP contribution in [0.25, 0.3) is 0 Å². The summed E-state index contributed by atoms with van der Waals surface area (Å²) in [5.74, 6) is -0.327. The monoisotopic (exact) mass is 254 g/mol. The molecule has 1 saturated carbocycles. The van der Waals surface area contributed by atoms with Crippen molar-refractivity contribution in [1.82, 2.24) is 20.2 Å². The van der Waals surface area contributed by atoms with Gasteiger partial charge in [-0.1, -0.05) is 19.3 Å². The third-order valence-electron chi connectivity index (χ3n) is 3.46. The van der Waals surface area contributed by atoms with E-state index in [9.17, 15) is 9.90 Å². The van der Waals surface area contributed by atoms with E-state index in [1.165, 1.54) is 18.0 Å². The number of hydrogen-bond acceptors (Lipinski definition) is 5. The van der Waals surface area contributed by atoms with Crippen LogP contribution in [-0.4, -0.2) is 42.5 Å². The number of aliphatic hydroxyl groups excluding tert-OH is 1. The Morgan fingerprint density at radius 2 is 2.06 bits per heavy atom. The van der Waals surface area contributed by atoms with Crippen LogP contribution < -0.4 is 0 Å². The normalized spacial score (nSPS) is 20.6. The quantitative estimate of drug-likeness (QED) is 0.821. The first-order valence-corrected chi connectivity index (χ1v) is 6.30. The van der Waals surface area contributed by atoms with E-state index < -0.39 is 18.1 Å². The molecule has 1 heterocycles. The Kier molecular flexibility index (Phi) is 3.90. The molecule has 0 aliphatic heterocycles. The van der Waals surface area contributed by atoms with E-state index in [2.05, 4.69) is 15.5 Å². The van der Waals surface area contributed by atoms with Gasteiger partial charge in [-0.3, -0.25) is 0 Å². The van der Waals surface area contributed by atoms with Crippen LogP contribution in [0.1, 0.15) is 56.8 Å². The molecule has 1 aliphatic rings. The SMILES string of the molecule is CC(O)C(C(=O)O)n1nnnc1C1CCCCC1. The lowest BCUT2D eigenvalue weighted by molar-refractivity contribution is -0.144. The second kappa shape index (κ2) is 5.43. The zero-order chi connectivity index (χ0) is 13.1. The molecule has 100 valence electrons. The van der Waals surface area contributed by atoms with E-state index in [0.717, 1.165) is 25.7 Å². The molecule has 0 radical (unpaired) electrons. The molecule has 0 saturated heterocycles. The van der Waals surface area contributed by atoms with Gasteiger partial charge in [0.25, 0.3) is 0 Å². The molecule has 7 nitrogen and oxygen atoms in total. The minimum Gasteiger partial charge on any atom is -0.480 e. The van der Waals surface area contributed by atoms with E-state index in [-0.39, 0.29) is 5.92 Å². The van der Waals surface area contributed by atoms with E-state index in [4.69, 9.17) is 5.11 Å². The number of carboxylic acids is 1. The van der Waals surface area contributed by atoms with Crippen molar-refractivity contribution < 1.29 is 15.0 Å². The Morgan fingerprint density at radius 1 is 1.39 bits per heavy atom. The summed E-state index contributed by atoms with van der Waals surface area (Å²) in [6, 6.07) is -1.11. The molecule has 0 spiro atoms. The van der Waals surface area contributed by atoms with Crippen molar-refractivity contribution >= 4 is 5.97 Å². The summed E-state index contributed by atoms with van der Waals surface area (Å²) in [5, 5.41) is 30.0. The Morgan fingerprint density at radius 3 is 2.61 bits per heavy atom. The predicted molar refractivity (Wildman–Crippen MR) is 62.0 cm³/mol. The van der Waals surface area contributed by atoms with Gasteiger partial charge in [-0.2, -0.15) is 0 Å². The molecule has 1 fully saturated rings. The molecule has 2 N–H and O–H groups in total. The Bertz CT molecular complexity index is 412. The summed E-state index contributed by atoms with van der Waals surface area (Å²) in [6.45, 7) is 1.44. The van der Waals surface area contributed by atoms with Gasteiger partial charge in [-0.25, -0.2) is 9.48 Å². The smallest absolute Gasteiger partial charge is 0.331 e. The van der Waals surface area contributed by atoms with Crippen LogP contribution in [-0.2, 0) is 4.79 Å². The second-order valence-electron chi connectivity index (χ2n) is 4.84. The zero-order valence-corrected chi connectivity index (χ0v) is 10.4. The summed E-state index contributed by atoms with van der Waals surface area (Å²) < 4.78 is 1.27. The Labute approximate surface area is 105 Å². The number of carbonyl (C=O) groups is 1. The number of carboxylic acid groups (broad SMARTS) is 1. The summed E-state index contributed by atoms with van der Waals surface area (Å²) in [4.78, 5) is 11.2. The van der Waals surface area contributed by atoms with E-state index >= 15 is 0 Å². The minimum atomic E-state index is -1.12. The molecule has 18 heavy (non-hydrogen) atoms. The fourth-order valence-electron chi connectivity index (χ4n) is 2.54. The average Bonchev–Trinajstić information content (AvgIpc) is 2.78. The van der Waals surface area contributed by atoms with Crippen molar-refractivity contribution in [3.8, 4) is 0 Å². The van der Waals surface area contributed by atoms with E-state index in [1.807, 2.05) is 0 Å². The third kappa shape index (κ3) is 2.50. The molecule has 0 bridgehead atoms. The number of aliphatic hydroxyl groups is 1. The van der Waals surface area contributed by atoms with Gasteiger partial charge < -0.3 is 10.2 Å². The van der Waals surface area contributed by atoms with Crippen LogP contribution >= 0.6 is 0 Å². The fourth-order valence-corrected chi connectivity index (χ4v) is 2.54. The highest BCUT2D eigenvalue weighted by molar-refractivity contribution is 5.72. The van der Waals surface area contributed by atoms with Crippen LogP contribution in [0.5, 0.6) is 0 Å². The maximum Gasteiger partial charge on any atom is 0.331 e. The molecule has 2 rings (SSSR count). The van der Waals surface area contributed by atoms with Gasteiger partial charge in [0, 0.05) is 5.92 Å². The van der Waals surface area contributed by atoms with Gasteiger partial charge in [-0.15, -0.1) is 5.10 Å². The van der Waals surface area contributed by atoms with E-state index in [1.54, 1.807) is 0 Å². The molecule has 2 unspecified atom stereocenters. The van der Waals surface area contributed by atoms with Gasteiger partial charge in [-0.05, 0) is 30.2 Å². The van der Waals surface area contributed by atoms with Crippen molar-refractivity contribution in [2.24, 2.45) is 0 Å². The van der Waals surface area contributed by atoms with Crippen molar-refractivity contribution in [3.63, 3.8) is 0 Å². The summed E-state index contributed by atoms with van der Waals surface area (Å²) in [7, 11) is 0. The van der Waals surface area contributed by atoms with Crippen LogP contribution in [0.2, 0.25) is 0 Å². The zero-order valence-electron chi connectivity index (χ0n) is 10.4. The lowest BCUT2D eigenvalue weighted by atomic mass is 9.88. The van der Waals surface area contributed by atoms with Gasteiger partial charge >= 0.3 is 5.97 Å². The largest absolute Gasteiger partial charge is 0.480 e. The highest BCUT2D eigenvalue weighted by Crippen LogP contribution is 2.32.